The Morgan fingerprint density at radius 3 is 2.84 bits per heavy atom. The van der Waals surface area contributed by atoms with Gasteiger partial charge in [-0.15, -0.1) is 0 Å². The summed E-state index contributed by atoms with van der Waals surface area (Å²) in [6.07, 6.45) is 5.19. The Labute approximate surface area is 177 Å². The van der Waals surface area contributed by atoms with Gasteiger partial charge in [0, 0.05) is 41.5 Å². The van der Waals surface area contributed by atoms with Gasteiger partial charge in [0.1, 0.15) is 18.0 Å². The van der Waals surface area contributed by atoms with Gasteiger partial charge < -0.3 is 16.2 Å². The van der Waals surface area contributed by atoms with Crippen molar-refractivity contribution < 1.29 is 9.13 Å². The maximum absolute atomic E-state index is 14.1. The van der Waals surface area contributed by atoms with Crippen molar-refractivity contribution in [3.63, 3.8) is 0 Å². The number of allylic oxidation sites excluding steroid dienone is 1. The van der Waals surface area contributed by atoms with Crippen molar-refractivity contribution in [2.75, 3.05) is 5.73 Å². The molecule has 154 valence electrons. The summed E-state index contributed by atoms with van der Waals surface area (Å²) in [5.74, 6) is 0.0289. The molecule has 2 bridgehead atoms. The van der Waals surface area contributed by atoms with Crippen LogP contribution in [0.1, 0.15) is 29.8 Å². The highest BCUT2D eigenvalue weighted by Gasteiger charge is 2.22. The van der Waals surface area contributed by atoms with Gasteiger partial charge in [0.25, 0.3) is 0 Å². The number of aliphatic imine (C=N–C) groups is 1. The smallest absolute Gasteiger partial charge is 0.166 e. The lowest BCUT2D eigenvalue weighted by molar-refractivity contribution is 0.227. The van der Waals surface area contributed by atoms with Gasteiger partial charge in [0.15, 0.2) is 11.6 Å². The second-order valence-corrected chi connectivity index (χ2v) is 6.81. The Hall–Kier alpha value is -4.32. The minimum atomic E-state index is -0.583. The summed E-state index contributed by atoms with van der Waals surface area (Å²) in [7, 11) is 0. The van der Waals surface area contributed by atoms with E-state index in [4.69, 9.17) is 16.2 Å². The number of hydrogen-bond acceptors (Lipinski definition) is 8. The zero-order valence-corrected chi connectivity index (χ0v) is 16.6. The summed E-state index contributed by atoms with van der Waals surface area (Å²) >= 11 is 0. The summed E-state index contributed by atoms with van der Waals surface area (Å²) in [6.45, 7) is 1.89. The van der Waals surface area contributed by atoms with Crippen LogP contribution in [-0.2, 0) is 6.54 Å². The fourth-order valence-electron chi connectivity index (χ4n) is 3.38. The molecule has 3 heterocycles. The largest absolute Gasteiger partial charge is 0.482 e. The molecule has 31 heavy (non-hydrogen) atoms. The number of benzene rings is 1. The summed E-state index contributed by atoms with van der Waals surface area (Å²) in [6, 6.07) is 8.06. The Morgan fingerprint density at radius 2 is 2.06 bits per heavy atom. The van der Waals surface area contributed by atoms with Crippen molar-refractivity contribution in [1.29, 1.82) is 5.26 Å². The molecule has 0 aliphatic carbocycles. The van der Waals surface area contributed by atoms with E-state index >= 15 is 0 Å². The predicted molar refractivity (Wildman–Crippen MR) is 113 cm³/mol. The number of rotatable bonds is 1. The number of anilines is 1. The average molecular weight is 415 g/mol. The highest BCUT2D eigenvalue weighted by molar-refractivity contribution is 6.15. The third kappa shape index (κ3) is 3.79. The average Bonchev–Trinajstić information content (AvgIpc) is 2.78. The van der Waals surface area contributed by atoms with Crippen LogP contribution in [0.4, 0.5) is 10.2 Å². The number of aromatic nitrogens is 3. The molecule has 0 amide bonds. The second-order valence-electron chi connectivity index (χ2n) is 6.81. The van der Waals surface area contributed by atoms with E-state index in [0.29, 0.717) is 33.8 Å². The zero-order valence-electron chi connectivity index (χ0n) is 16.6. The summed E-state index contributed by atoms with van der Waals surface area (Å²) in [4.78, 5) is 17.6. The zero-order chi connectivity index (χ0) is 22.0. The van der Waals surface area contributed by atoms with Crippen LogP contribution >= 0.6 is 0 Å². The molecule has 0 fully saturated rings. The van der Waals surface area contributed by atoms with Crippen molar-refractivity contribution in [1.82, 2.24) is 15.0 Å². The number of ether oxygens (including phenoxy) is 1. The van der Waals surface area contributed by atoms with E-state index in [2.05, 4.69) is 19.9 Å². The van der Waals surface area contributed by atoms with E-state index in [-0.39, 0.29) is 23.7 Å². The number of hydrogen-bond donors (Lipinski definition) is 2. The number of nitrogens with zero attached hydrogens (tertiary/aromatic N) is 5. The molecule has 8 nitrogen and oxygen atoms in total. The molecule has 1 aromatic carbocycles. The van der Waals surface area contributed by atoms with Gasteiger partial charge in [-0.1, -0.05) is 0 Å². The van der Waals surface area contributed by atoms with Crippen molar-refractivity contribution in [3.05, 3.63) is 77.3 Å². The summed E-state index contributed by atoms with van der Waals surface area (Å²) in [5, 5.41) is 9.53. The normalized spacial score (nSPS) is 15.8. The molecule has 0 radical (unpaired) electrons. The van der Waals surface area contributed by atoms with Crippen LogP contribution in [-0.4, -0.2) is 20.7 Å². The molecule has 4 N–H and O–H groups in total. The third-order valence-electron chi connectivity index (χ3n) is 4.87. The second kappa shape index (κ2) is 8.20. The molecule has 0 spiro atoms. The van der Waals surface area contributed by atoms with Crippen molar-refractivity contribution in [2.45, 2.75) is 19.6 Å². The van der Waals surface area contributed by atoms with E-state index in [1.54, 1.807) is 31.5 Å². The SMILES string of the molecule is CC1Oc2cc(cnc2N)C(C(C#N)=CN)=NCc2nccnc2-c2ccc(F)cc21. The topological polar surface area (TPSA) is 136 Å². The van der Waals surface area contributed by atoms with E-state index in [1.165, 1.54) is 24.5 Å². The van der Waals surface area contributed by atoms with Crippen LogP contribution in [0.25, 0.3) is 11.3 Å². The fourth-order valence-corrected chi connectivity index (χ4v) is 3.38. The first kappa shape index (κ1) is 20.0. The van der Waals surface area contributed by atoms with Gasteiger partial charge in [0.05, 0.1) is 29.2 Å². The van der Waals surface area contributed by atoms with Gasteiger partial charge in [0.2, 0.25) is 0 Å². The Morgan fingerprint density at radius 1 is 1.26 bits per heavy atom. The minimum Gasteiger partial charge on any atom is -0.482 e. The van der Waals surface area contributed by atoms with Gasteiger partial charge in [-0.05, 0) is 31.2 Å². The maximum Gasteiger partial charge on any atom is 0.166 e. The number of pyridine rings is 1. The third-order valence-corrected chi connectivity index (χ3v) is 4.87. The molecule has 1 atom stereocenters. The fraction of sp³-hybridized carbons (Fsp3) is 0.136. The molecular formula is C22H18FN7O. The minimum absolute atomic E-state index is 0.114. The van der Waals surface area contributed by atoms with Crippen molar-refractivity contribution >= 4 is 11.5 Å². The van der Waals surface area contributed by atoms with Crippen LogP contribution in [0.3, 0.4) is 0 Å². The highest BCUT2D eigenvalue weighted by atomic mass is 19.1. The van der Waals surface area contributed by atoms with Crippen LogP contribution in [0.15, 0.2) is 59.6 Å². The number of nitrogen functional groups attached to an aromatic ring is 1. The lowest BCUT2D eigenvalue weighted by Gasteiger charge is -2.21. The molecule has 4 rings (SSSR count). The molecule has 1 aliphatic rings. The predicted octanol–water partition coefficient (Wildman–Crippen LogP) is 3.07. The molecule has 3 aromatic rings. The standard InChI is InChI=1S/C22H18FN7O/c1-12-17-7-15(23)2-3-16(17)21-18(27-4-5-28-21)11-29-20(14(8-24)9-25)13-6-19(31-12)22(26)30-10-13/h2-8,10,12H,11,24H2,1H3,(H2,26,30). The Kier molecular flexibility index (Phi) is 5.28. The monoisotopic (exact) mass is 415 g/mol. The molecule has 1 unspecified atom stereocenters. The number of nitrogens with two attached hydrogens (primary N) is 2. The Balaban J connectivity index is 2.01. The highest BCUT2D eigenvalue weighted by Crippen LogP contribution is 2.34. The quantitative estimate of drug-likeness (QED) is 0.583. The molecule has 0 saturated heterocycles. The molecule has 9 heteroatoms. The van der Waals surface area contributed by atoms with E-state index in [9.17, 15) is 9.65 Å². The molecule has 2 aromatic heterocycles. The first-order chi connectivity index (χ1) is 15.0. The van der Waals surface area contributed by atoms with E-state index in [1.807, 2.05) is 6.07 Å². The van der Waals surface area contributed by atoms with Gasteiger partial charge in [-0.2, -0.15) is 5.26 Å². The summed E-state index contributed by atoms with van der Waals surface area (Å²) < 4.78 is 20.2. The van der Waals surface area contributed by atoms with Gasteiger partial charge in [-0.3, -0.25) is 15.0 Å². The lowest BCUT2D eigenvalue weighted by Crippen LogP contribution is -2.13. The molecule has 1 aliphatic heterocycles. The van der Waals surface area contributed by atoms with E-state index < -0.39 is 11.9 Å². The van der Waals surface area contributed by atoms with Crippen LogP contribution < -0.4 is 16.2 Å². The van der Waals surface area contributed by atoms with Crippen molar-refractivity contribution in [2.24, 2.45) is 10.7 Å². The van der Waals surface area contributed by atoms with Gasteiger partial charge in [-0.25, -0.2) is 9.37 Å². The lowest BCUT2D eigenvalue weighted by atomic mass is 9.98. The van der Waals surface area contributed by atoms with Gasteiger partial charge >= 0.3 is 0 Å². The summed E-state index contributed by atoms with van der Waals surface area (Å²) in [5.41, 5.74) is 15.0. The van der Waals surface area contributed by atoms with E-state index in [0.717, 1.165) is 0 Å². The number of halogens is 1. The maximum atomic E-state index is 14.1. The van der Waals surface area contributed by atoms with Crippen LogP contribution in [0.2, 0.25) is 0 Å². The number of fused-ring (bicyclic) bond motifs is 5. The van der Waals surface area contributed by atoms with Crippen molar-refractivity contribution in [3.8, 4) is 23.1 Å². The Bertz CT molecular complexity index is 1260. The first-order valence-electron chi connectivity index (χ1n) is 9.41. The first-order valence-corrected chi connectivity index (χ1v) is 9.41. The molecule has 0 saturated carbocycles. The number of nitriles is 1. The van der Waals surface area contributed by atoms with Crippen LogP contribution in [0, 0.1) is 17.1 Å². The van der Waals surface area contributed by atoms with Crippen LogP contribution in [0.5, 0.6) is 5.75 Å². The molecular weight excluding hydrogens is 397 g/mol.